The molecule has 0 fully saturated rings. The van der Waals surface area contributed by atoms with Crippen LogP contribution in [0.15, 0.2) is 30.3 Å². The lowest BCUT2D eigenvalue weighted by atomic mass is 10.3. The number of halogens is 2. The summed E-state index contributed by atoms with van der Waals surface area (Å²) in [5.41, 5.74) is 0.137. The Bertz CT molecular complexity index is 329. The molecule has 1 aromatic rings. The van der Waals surface area contributed by atoms with Gasteiger partial charge in [0, 0.05) is 12.1 Å². The minimum absolute atomic E-state index is 0.137. The molecule has 0 aliphatic rings. The van der Waals surface area contributed by atoms with Crippen LogP contribution in [0.4, 0.5) is 5.69 Å². The van der Waals surface area contributed by atoms with Crippen LogP contribution >= 0.6 is 23.2 Å². The Morgan fingerprint density at radius 1 is 1.33 bits per heavy atom. The van der Waals surface area contributed by atoms with E-state index in [-0.39, 0.29) is 5.69 Å². The van der Waals surface area contributed by atoms with Gasteiger partial charge >= 0.3 is 5.97 Å². The minimum Gasteiger partial charge on any atom is -0.479 e. The molecule has 82 valence electrons. The number of rotatable bonds is 2. The molecule has 1 rings (SSSR count). The van der Waals surface area contributed by atoms with Crippen LogP contribution in [-0.2, 0) is 4.79 Å². The number of non-ortho nitro benzene ring substituents is 1. The van der Waals surface area contributed by atoms with Gasteiger partial charge in [-0.1, -0.05) is 41.4 Å². The molecule has 1 N–H and O–H groups in total. The molecule has 0 aliphatic carbocycles. The second-order valence-corrected chi connectivity index (χ2v) is 3.33. The van der Waals surface area contributed by atoms with Gasteiger partial charge in [0.1, 0.15) is 0 Å². The number of nitrogens with zero attached hydrogens (tertiary/aromatic N) is 1. The number of alkyl halides is 2. The minimum atomic E-state index is -1.29. The Balaban J connectivity index is 0.000000288. The molecule has 7 heteroatoms. The van der Waals surface area contributed by atoms with Crippen molar-refractivity contribution >= 4 is 34.9 Å². The normalized spacial score (nSPS) is 9.00. The fourth-order valence-corrected chi connectivity index (χ4v) is 0.550. The third-order valence-electron chi connectivity index (χ3n) is 1.15. The van der Waals surface area contributed by atoms with E-state index in [0.29, 0.717) is 0 Å². The van der Waals surface area contributed by atoms with E-state index in [1.807, 2.05) is 0 Å². The van der Waals surface area contributed by atoms with Gasteiger partial charge in [0.25, 0.3) is 5.69 Å². The molecule has 0 atom stereocenters. The molecule has 0 spiro atoms. The van der Waals surface area contributed by atoms with Crippen molar-refractivity contribution in [1.29, 1.82) is 0 Å². The number of para-hydroxylation sites is 1. The first-order valence-corrected chi connectivity index (χ1v) is 4.53. The summed E-state index contributed by atoms with van der Waals surface area (Å²) >= 11 is 9.56. The monoisotopic (exact) mass is 251 g/mol. The molecular weight excluding hydrogens is 245 g/mol. The fraction of sp³-hybridized carbons (Fsp3) is 0.125. The maximum absolute atomic E-state index is 10.0. The van der Waals surface area contributed by atoms with E-state index in [2.05, 4.69) is 0 Å². The molecule has 0 saturated carbocycles. The van der Waals surface area contributed by atoms with Gasteiger partial charge in [0.05, 0.1) is 4.92 Å². The highest BCUT2D eigenvalue weighted by molar-refractivity contribution is 6.52. The van der Waals surface area contributed by atoms with Gasteiger partial charge in [0.15, 0.2) is 0 Å². The van der Waals surface area contributed by atoms with Crippen LogP contribution in [0.2, 0.25) is 0 Å². The van der Waals surface area contributed by atoms with Gasteiger partial charge in [-0.25, -0.2) is 4.79 Å². The zero-order chi connectivity index (χ0) is 11.8. The van der Waals surface area contributed by atoms with Crippen molar-refractivity contribution in [3.63, 3.8) is 0 Å². The maximum Gasteiger partial charge on any atom is 0.337 e. The van der Waals surface area contributed by atoms with Crippen molar-refractivity contribution in [3.8, 4) is 0 Å². The van der Waals surface area contributed by atoms with Gasteiger partial charge in [-0.15, -0.1) is 0 Å². The Morgan fingerprint density at radius 2 is 1.73 bits per heavy atom. The van der Waals surface area contributed by atoms with E-state index in [9.17, 15) is 14.9 Å². The molecule has 15 heavy (non-hydrogen) atoms. The van der Waals surface area contributed by atoms with Crippen molar-refractivity contribution < 1.29 is 14.8 Å². The lowest BCUT2D eigenvalue weighted by molar-refractivity contribution is -0.384. The van der Waals surface area contributed by atoms with Crippen LogP contribution in [-0.4, -0.2) is 20.8 Å². The summed E-state index contributed by atoms with van der Waals surface area (Å²) in [5.74, 6) is -1.21. The zero-order valence-corrected chi connectivity index (χ0v) is 8.85. The van der Waals surface area contributed by atoms with E-state index in [4.69, 9.17) is 28.3 Å². The summed E-state index contributed by atoms with van der Waals surface area (Å²) in [5, 5.41) is 17.7. The lowest BCUT2D eigenvalue weighted by Crippen LogP contribution is -2.03. The van der Waals surface area contributed by atoms with Gasteiger partial charge in [-0.2, -0.15) is 0 Å². The van der Waals surface area contributed by atoms with E-state index in [0.717, 1.165) is 0 Å². The first-order chi connectivity index (χ1) is 6.95. The number of benzene rings is 1. The van der Waals surface area contributed by atoms with E-state index in [1.165, 1.54) is 12.1 Å². The van der Waals surface area contributed by atoms with Crippen LogP contribution < -0.4 is 0 Å². The van der Waals surface area contributed by atoms with Gasteiger partial charge in [-0.05, 0) is 0 Å². The maximum atomic E-state index is 10.0. The predicted molar refractivity (Wildman–Crippen MR) is 56.2 cm³/mol. The number of nitro groups is 1. The highest BCUT2D eigenvalue weighted by Gasteiger charge is 2.05. The fourth-order valence-electron chi connectivity index (χ4n) is 0.550. The van der Waals surface area contributed by atoms with E-state index >= 15 is 0 Å². The molecule has 0 bridgehead atoms. The summed E-state index contributed by atoms with van der Waals surface area (Å²) in [6.45, 7) is 0. The summed E-state index contributed by atoms with van der Waals surface area (Å²) in [6, 6.07) is 7.93. The summed E-state index contributed by atoms with van der Waals surface area (Å²) < 4.78 is 0. The van der Waals surface area contributed by atoms with Gasteiger partial charge < -0.3 is 5.11 Å². The topological polar surface area (TPSA) is 80.4 Å². The molecule has 0 aliphatic heterocycles. The van der Waals surface area contributed by atoms with Crippen molar-refractivity contribution in [3.05, 3.63) is 40.4 Å². The number of hydrogen-bond acceptors (Lipinski definition) is 3. The Kier molecular flexibility index (Phi) is 6.40. The summed E-state index contributed by atoms with van der Waals surface area (Å²) in [6.07, 6.45) is 0. The van der Waals surface area contributed by atoms with E-state index < -0.39 is 15.7 Å². The summed E-state index contributed by atoms with van der Waals surface area (Å²) in [7, 11) is 0. The highest BCUT2D eigenvalue weighted by atomic mass is 35.5. The van der Waals surface area contributed by atoms with Crippen LogP contribution in [0.3, 0.4) is 0 Å². The quantitative estimate of drug-likeness (QED) is 0.498. The molecule has 0 heterocycles. The molecule has 0 aromatic heterocycles. The molecular formula is C8H7Cl2NO4. The second kappa shape index (κ2) is 7.03. The molecule has 0 radical (unpaired) electrons. The smallest absolute Gasteiger partial charge is 0.337 e. The highest BCUT2D eigenvalue weighted by Crippen LogP contribution is 2.06. The van der Waals surface area contributed by atoms with Crippen molar-refractivity contribution in [1.82, 2.24) is 0 Å². The molecule has 0 unspecified atom stereocenters. The van der Waals surface area contributed by atoms with Crippen LogP contribution in [0.1, 0.15) is 0 Å². The third-order valence-corrected chi connectivity index (χ3v) is 1.53. The number of hydrogen-bond donors (Lipinski definition) is 1. The zero-order valence-electron chi connectivity index (χ0n) is 7.34. The average molecular weight is 252 g/mol. The third kappa shape index (κ3) is 6.70. The van der Waals surface area contributed by atoms with Gasteiger partial charge in [-0.3, -0.25) is 10.1 Å². The molecule has 0 saturated heterocycles. The molecule has 5 nitrogen and oxygen atoms in total. The first kappa shape index (κ1) is 13.7. The standard InChI is InChI=1S/C6H5NO2.C2H2Cl2O2/c8-7(9)6-4-2-1-3-5-6;3-1(4)2(5)6/h1-5H;1H,(H,5,6). The van der Waals surface area contributed by atoms with Crippen LogP contribution in [0.25, 0.3) is 0 Å². The number of nitro benzene ring substituents is 1. The Morgan fingerprint density at radius 3 is 1.93 bits per heavy atom. The lowest BCUT2D eigenvalue weighted by Gasteiger charge is -1.85. The molecule has 0 amide bonds. The number of carbonyl (C=O) groups is 1. The first-order valence-electron chi connectivity index (χ1n) is 3.65. The van der Waals surface area contributed by atoms with Gasteiger partial charge in [0.2, 0.25) is 4.84 Å². The van der Waals surface area contributed by atoms with E-state index in [1.54, 1.807) is 18.2 Å². The summed E-state index contributed by atoms with van der Waals surface area (Å²) in [4.78, 5) is 17.7. The van der Waals surface area contributed by atoms with Crippen molar-refractivity contribution in [2.45, 2.75) is 4.84 Å². The largest absolute Gasteiger partial charge is 0.479 e. The average Bonchev–Trinajstić information content (AvgIpc) is 2.20. The number of carboxylic acids is 1. The van der Waals surface area contributed by atoms with Crippen LogP contribution in [0.5, 0.6) is 0 Å². The Labute approximate surface area is 95.4 Å². The van der Waals surface area contributed by atoms with Crippen molar-refractivity contribution in [2.24, 2.45) is 0 Å². The second-order valence-electron chi connectivity index (χ2n) is 2.23. The van der Waals surface area contributed by atoms with Crippen molar-refractivity contribution in [2.75, 3.05) is 0 Å². The Hall–Kier alpha value is -1.33. The molecule has 1 aromatic carbocycles. The number of carboxylic acid groups (broad SMARTS) is 1. The predicted octanol–water partition coefficient (Wildman–Crippen LogP) is 2.47. The SMILES string of the molecule is O=C(O)C(Cl)Cl.O=[N+]([O-])c1ccccc1. The number of aliphatic carboxylic acids is 1. The van der Waals surface area contributed by atoms with Crippen LogP contribution in [0, 0.1) is 10.1 Å².